The Kier molecular flexibility index (Phi) is 4.55. The van der Waals surface area contributed by atoms with Crippen LogP contribution < -0.4 is 10.6 Å². The third-order valence-corrected chi connectivity index (χ3v) is 3.33. The molecule has 0 saturated carbocycles. The third kappa shape index (κ3) is 3.46. The van der Waals surface area contributed by atoms with Crippen molar-refractivity contribution in [3.63, 3.8) is 0 Å². The Morgan fingerprint density at radius 3 is 2.70 bits per heavy atom. The average molecular weight is 310 g/mol. The first kappa shape index (κ1) is 14.3. The lowest BCUT2D eigenvalue weighted by Crippen LogP contribution is -2.28. The molecule has 2 aromatic rings. The minimum atomic E-state index is -0.638. The van der Waals surface area contributed by atoms with Crippen LogP contribution in [0.15, 0.2) is 23.6 Å². The topological polar surface area (TPSA) is 60.7 Å². The fraction of sp³-hybridized carbons (Fsp3) is 0.0833. The van der Waals surface area contributed by atoms with Gasteiger partial charge in [-0.15, -0.1) is 11.3 Å². The Morgan fingerprint density at radius 1 is 1.40 bits per heavy atom. The zero-order chi connectivity index (χ0) is 14.5. The number of aromatic nitrogens is 1. The fourth-order valence-electron chi connectivity index (χ4n) is 1.39. The van der Waals surface area contributed by atoms with Gasteiger partial charge in [0.1, 0.15) is 17.7 Å². The van der Waals surface area contributed by atoms with Crippen LogP contribution in [-0.4, -0.2) is 10.1 Å². The fourth-order valence-corrected chi connectivity index (χ4v) is 2.27. The van der Waals surface area contributed by atoms with E-state index in [0.717, 1.165) is 0 Å². The molecule has 0 bridgehead atoms. The molecule has 1 heterocycles. The lowest BCUT2D eigenvalue weighted by Gasteiger charge is -2.09. The first-order chi connectivity index (χ1) is 9.60. The largest absolute Gasteiger partial charge is 0.358 e. The maximum atomic E-state index is 13.4. The van der Waals surface area contributed by atoms with Crippen molar-refractivity contribution in [1.82, 2.24) is 10.3 Å². The zero-order valence-corrected chi connectivity index (χ0v) is 11.6. The van der Waals surface area contributed by atoms with E-state index in [0.29, 0.717) is 5.13 Å². The van der Waals surface area contributed by atoms with Gasteiger partial charge in [-0.2, -0.15) is 5.26 Å². The molecule has 0 unspecified atom stereocenters. The quantitative estimate of drug-likeness (QED) is 0.854. The van der Waals surface area contributed by atoms with Gasteiger partial charge in [0.25, 0.3) is 0 Å². The first-order valence-electron chi connectivity index (χ1n) is 5.43. The molecule has 0 aliphatic heterocycles. The van der Waals surface area contributed by atoms with Gasteiger partial charge in [-0.05, 0) is 24.4 Å². The Bertz CT molecular complexity index is 658. The van der Waals surface area contributed by atoms with Crippen molar-refractivity contribution < 1.29 is 8.78 Å². The highest BCUT2D eigenvalue weighted by Gasteiger charge is 2.09. The summed E-state index contributed by atoms with van der Waals surface area (Å²) in [7, 11) is 0. The van der Waals surface area contributed by atoms with E-state index in [2.05, 4.69) is 15.6 Å². The van der Waals surface area contributed by atoms with Crippen LogP contribution in [0.1, 0.15) is 11.3 Å². The number of anilines is 1. The van der Waals surface area contributed by atoms with Gasteiger partial charge in [-0.25, -0.2) is 13.8 Å². The molecule has 20 heavy (non-hydrogen) atoms. The number of benzene rings is 1. The number of nitrogens with zero attached hydrogens (tertiary/aromatic N) is 2. The van der Waals surface area contributed by atoms with E-state index in [-0.39, 0.29) is 22.9 Å². The van der Waals surface area contributed by atoms with E-state index in [1.807, 2.05) is 6.07 Å². The van der Waals surface area contributed by atoms with Gasteiger partial charge in [-0.3, -0.25) is 0 Å². The van der Waals surface area contributed by atoms with Gasteiger partial charge in [0.05, 0.1) is 0 Å². The highest BCUT2D eigenvalue weighted by molar-refractivity contribution is 7.80. The van der Waals surface area contributed by atoms with E-state index < -0.39 is 11.6 Å². The summed E-state index contributed by atoms with van der Waals surface area (Å²) in [5.74, 6) is -1.28. The summed E-state index contributed by atoms with van der Waals surface area (Å²) >= 11 is 6.19. The number of rotatable bonds is 3. The average Bonchev–Trinajstić information content (AvgIpc) is 2.86. The van der Waals surface area contributed by atoms with Crippen molar-refractivity contribution in [2.45, 2.75) is 6.54 Å². The molecule has 0 amide bonds. The third-order valence-electron chi connectivity index (χ3n) is 2.33. The Hall–Kier alpha value is -2.11. The number of nitriles is 1. The molecule has 1 aromatic carbocycles. The second-order valence-corrected chi connectivity index (χ2v) is 4.92. The van der Waals surface area contributed by atoms with E-state index >= 15 is 0 Å². The molecule has 2 N–H and O–H groups in total. The van der Waals surface area contributed by atoms with Crippen LogP contribution in [0.5, 0.6) is 0 Å². The van der Waals surface area contributed by atoms with Crippen LogP contribution in [0.25, 0.3) is 0 Å². The van der Waals surface area contributed by atoms with Crippen LogP contribution in [0.2, 0.25) is 0 Å². The molecule has 0 aliphatic rings. The molecule has 0 saturated heterocycles. The minimum Gasteiger partial charge on any atom is -0.358 e. The van der Waals surface area contributed by atoms with Crippen LogP contribution in [-0.2, 0) is 6.54 Å². The van der Waals surface area contributed by atoms with Gasteiger partial charge in [-0.1, -0.05) is 6.07 Å². The van der Waals surface area contributed by atoms with Gasteiger partial charge >= 0.3 is 0 Å². The predicted octanol–water partition coefficient (Wildman–Crippen LogP) is 2.78. The Morgan fingerprint density at radius 2 is 2.10 bits per heavy atom. The molecule has 0 fully saturated rings. The standard InChI is InChI=1S/C12H8F2N4S2/c13-9-2-1-3-10(14)8(9)5-16-11(19)18-12-17-7(4-15)6-20-12/h1-3,6H,5H2,(H2,16,17,18,19). The van der Waals surface area contributed by atoms with Gasteiger partial charge < -0.3 is 10.6 Å². The smallest absolute Gasteiger partial charge is 0.190 e. The van der Waals surface area contributed by atoms with E-state index in [9.17, 15) is 8.78 Å². The van der Waals surface area contributed by atoms with Crippen molar-refractivity contribution in [3.8, 4) is 6.07 Å². The predicted molar refractivity (Wildman–Crippen MR) is 76.2 cm³/mol. The lowest BCUT2D eigenvalue weighted by molar-refractivity contribution is 0.551. The summed E-state index contributed by atoms with van der Waals surface area (Å²) in [5, 5.41) is 16.2. The number of halogens is 2. The summed E-state index contributed by atoms with van der Waals surface area (Å²) in [6.45, 7) is -0.0825. The molecule has 4 nitrogen and oxygen atoms in total. The van der Waals surface area contributed by atoms with E-state index in [1.165, 1.54) is 29.5 Å². The first-order valence-corrected chi connectivity index (χ1v) is 6.72. The summed E-state index contributed by atoms with van der Waals surface area (Å²) in [5.41, 5.74) is 0.189. The van der Waals surface area contributed by atoms with Crippen LogP contribution in [0.3, 0.4) is 0 Å². The second-order valence-electron chi connectivity index (χ2n) is 3.66. The molecule has 2 rings (SSSR count). The van der Waals surface area contributed by atoms with Crippen molar-refractivity contribution in [1.29, 1.82) is 5.26 Å². The number of thiazole rings is 1. The van der Waals surface area contributed by atoms with Crippen LogP contribution in [0, 0.1) is 23.0 Å². The van der Waals surface area contributed by atoms with Crippen molar-refractivity contribution in [3.05, 3.63) is 46.5 Å². The molecule has 1 aromatic heterocycles. The van der Waals surface area contributed by atoms with Crippen LogP contribution >= 0.6 is 23.6 Å². The van der Waals surface area contributed by atoms with Crippen LogP contribution in [0.4, 0.5) is 13.9 Å². The molecular formula is C12H8F2N4S2. The minimum absolute atomic E-state index is 0.0825. The molecule has 0 radical (unpaired) electrons. The summed E-state index contributed by atoms with van der Waals surface area (Å²) in [6.07, 6.45) is 0. The molecule has 0 spiro atoms. The summed E-state index contributed by atoms with van der Waals surface area (Å²) in [6, 6.07) is 5.54. The molecule has 0 atom stereocenters. The molecule has 0 aliphatic carbocycles. The number of nitrogens with one attached hydrogen (secondary N) is 2. The molecule has 8 heteroatoms. The highest BCUT2D eigenvalue weighted by atomic mass is 32.1. The Balaban J connectivity index is 1.94. The second kappa shape index (κ2) is 6.36. The monoisotopic (exact) mass is 310 g/mol. The normalized spacial score (nSPS) is 9.85. The van der Waals surface area contributed by atoms with E-state index in [1.54, 1.807) is 5.38 Å². The zero-order valence-electron chi connectivity index (χ0n) is 9.98. The summed E-state index contributed by atoms with van der Waals surface area (Å²) in [4.78, 5) is 3.93. The highest BCUT2D eigenvalue weighted by Crippen LogP contribution is 2.15. The SMILES string of the molecule is N#Cc1csc(NC(=S)NCc2c(F)cccc2F)n1. The maximum Gasteiger partial charge on any atom is 0.190 e. The maximum absolute atomic E-state index is 13.4. The number of hydrogen-bond donors (Lipinski definition) is 2. The van der Waals surface area contributed by atoms with Gasteiger partial charge in [0.2, 0.25) is 0 Å². The lowest BCUT2D eigenvalue weighted by atomic mass is 10.2. The molecular weight excluding hydrogens is 302 g/mol. The van der Waals surface area contributed by atoms with Gasteiger partial charge in [0, 0.05) is 17.5 Å². The van der Waals surface area contributed by atoms with Crippen molar-refractivity contribution in [2.24, 2.45) is 0 Å². The number of thiocarbonyl (C=S) groups is 1. The van der Waals surface area contributed by atoms with E-state index in [4.69, 9.17) is 17.5 Å². The number of hydrogen-bond acceptors (Lipinski definition) is 4. The van der Waals surface area contributed by atoms with Crippen molar-refractivity contribution >= 4 is 33.8 Å². The van der Waals surface area contributed by atoms with Gasteiger partial charge in [0.15, 0.2) is 15.9 Å². The molecule has 102 valence electrons. The Labute approximate surface area is 123 Å². The summed E-state index contributed by atoms with van der Waals surface area (Å²) < 4.78 is 26.8. The van der Waals surface area contributed by atoms with Crippen molar-refractivity contribution in [2.75, 3.05) is 5.32 Å².